The average Bonchev–Trinajstić information content (AvgIpc) is 2.31. The smallest absolute Gasteiger partial charge is 0.122 e. The minimum absolute atomic E-state index is 0.783. The summed E-state index contributed by atoms with van der Waals surface area (Å²) in [4.78, 5) is 4.38. The second-order valence-electron chi connectivity index (χ2n) is 4.08. The van der Waals surface area contributed by atoms with Crippen molar-refractivity contribution in [3.8, 4) is 5.75 Å². The summed E-state index contributed by atoms with van der Waals surface area (Å²) in [5, 5.41) is 3.38. The summed E-state index contributed by atoms with van der Waals surface area (Å²) in [5.74, 6) is 1.69. The summed E-state index contributed by atoms with van der Waals surface area (Å²) in [5.41, 5.74) is 1.15. The molecule has 1 aliphatic heterocycles. The second kappa shape index (κ2) is 5.12. The van der Waals surface area contributed by atoms with E-state index in [9.17, 15) is 0 Å². The Morgan fingerprint density at radius 1 is 1.47 bits per heavy atom. The Morgan fingerprint density at radius 3 is 3.00 bits per heavy atom. The van der Waals surface area contributed by atoms with Crippen LogP contribution < -0.4 is 10.1 Å². The highest BCUT2D eigenvalue weighted by Gasteiger charge is 2.14. The fraction of sp³-hybridized carbons (Fsp3) is 0.583. The van der Waals surface area contributed by atoms with Crippen LogP contribution in [0.15, 0.2) is 18.3 Å². The van der Waals surface area contributed by atoms with Crippen LogP contribution >= 0.6 is 0 Å². The van der Waals surface area contributed by atoms with Crippen LogP contribution in [0.1, 0.15) is 18.5 Å². The van der Waals surface area contributed by atoms with Crippen molar-refractivity contribution in [2.75, 3.05) is 20.2 Å². The Labute approximate surface area is 90.9 Å². The fourth-order valence-corrected chi connectivity index (χ4v) is 2.08. The van der Waals surface area contributed by atoms with Gasteiger partial charge in [0.2, 0.25) is 0 Å². The maximum Gasteiger partial charge on any atom is 0.122 e. The van der Waals surface area contributed by atoms with Crippen molar-refractivity contribution in [2.45, 2.75) is 19.3 Å². The number of hydrogen-bond donors (Lipinski definition) is 1. The SMILES string of the molecule is COc1ccnc(CC2CCNCC2)c1. The van der Waals surface area contributed by atoms with Crippen molar-refractivity contribution < 1.29 is 4.74 Å². The highest BCUT2D eigenvalue weighted by atomic mass is 16.5. The Kier molecular flexibility index (Phi) is 3.56. The summed E-state index contributed by atoms with van der Waals surface area (Å²) in [6, 6.07) is 3.94. The predicted molar refractivity (Wildman–Crippen MR) is 60.1 cm³/mol. The summed E-state index contributed by atoms with van der Waals surface area (Å²) in [6.45, 7) is 2.29. The third-order valence-electron chi connectivity index (χ3n) is 2.98. The first-order chi connectivity index (χ1) is 7.38. The zero-order valence-corrected chi connectivity index (χ0v) is 9.20. The minimum atomic E-state index is 0.783. The normalized spacial score (nSPS) is 17.7. The zero-order chi connectivity index (χ0) is 10.5. The minimum Gasteiger partial charge on any atom is -0.497 e. The molecular formula is C12H18N2O. The van der Waals surface area contributed by atoms with Gasteiger partial charge in [0.15, 0.2) is 0 Å². The first kappa shape index (κ1) is 10.4. The molecule has 0 saturated carbocycles. The molecule has 15 heavy (non-hydrogen) atoms. The molecule has 3 heteroatoms. The molecule has 0 spiro atoms. The van der Waals surface area contributed by atoms with E-state index in [-0.39, 0.29) is 0 Å². The number of ether oxygens (including phenoxy) is 1. The molecule has 0 aromatic carbocycles. The van der Waals surface area contributed by atoms with Gasteiger partial charge < -0.3 is 10.1 Å². The average molecular weight is 206 g/mol. The van der Waals surface area contributed by atoms with Gasteiger partial charge in [0.1, 0.15) is 5.75 Å². The molecule has 0 unspecified atom stereocenters. The molecule has 1 saturated heterocycles. The maximum absolute atomic E-state index is 5.19. The van der Waals surface area contributed by atoms with Crippen LogP contribution in [-0.4, -0.2) is 25.2 Å². The molecule has 0 amide bonds. The van der Waals surface area contributed by atoms with Crippen molar-refractivity contribution in [2.24, 2.45) is 5.92 Å². The Balaban J connectivity index is 1.96. The number of rotatable bonds is 3. The maximum atomic E-state index is 5.19. The van der Waals surface area contributed by atoms with Crippen molar-refractivity contribution in [1.29, 1.82) is 0 Å². The number of aromatic nitrogens is 1. The number of nitrogens with one attached hydrogen (secondary N) is 1. The van der Waals surface area contributed by atoms with Gasteiger partial charge in [0.05, 0.1) is 7.11 Å². The van der Waals surface area contributed by atoms with E-state index in [0.717, 1.165) is 36.9 Å². The van der Waals surface area contributed by atoms with Gasteiger partial charge in [-0.15, -0.1) is 0 Å². The molecule has 82 valence electrons. The van der Waals surface area contributed by atoms with Gasteiger partial charge in [0.25, 0.3) is 0 Å². The Bertz CT molecular complexity index is 308. The van der Waals surface area contributed by atoms with Gasteiger partial charge in [0, 0.05) is 18.0 Å². The van der Waals surface area contributed by atoms with Gasteiger partial charge in [-0.2, -0.15) is 0 Å². The lowest BCUT2D eigenvalue weighted by Gasteiger charge is -2.22. The summed E-state index contributed by atoms with van der Waals surface area (Å²) < 4.78 is 5.19. The lowest BCUT2D eigenvalue weighted by Crippen LogP contribution is -2.28. The van der Waals surface area contributed by atoms with Gasteiger partial charge in [-0.1, -0.05) is 0 Å². The number of methoxy groups -OCH3 is 1. The molecular weight excluding hydrogens is 188 g/mol. The van der Waals surface area contributed by atoms with Gasteiger partial charge in [-0.25, -0.2) is 0 Å². The Hall–Kier alpha value is -1.09. The number of hydrogen-bond acceptors (Lipinski definition) is 3. The van der Waals surface area contributed by atoms with Crippen molar-refractivity contribution >= 4 is 0 Å². The van der Waals surface area contributed by atoms with E-state index < -0.39 is 0 Å². The molecule has 1 N–H and O–H groups in total. The molecule has 1 aromatic heterocycles. The third kappa shape index (κ3) is 2.93. The van der Waals surface area contributed by atoms with Crippen LogP contribution in [0, 0.1) is 5.92 Å². The highest BCUT2D eigenvalue weighted by molar-refractivity contribution is 5.22. The second-order valence-corrected chi connectivity index (χ2v) is 4.08. The number of pyridine rings is 1. The summed E-state index contributed by atoms with van der Waals surface area (Å²) in [6.07, 6.45) is 5.44. The first-order valence-electron chi connectivity index (χ1n) is 5.58. The van der Waals surface area contributed by atoms with E-state index in [1.165, 1.54) is 12.8 Å². The highest BCUT2D eigenvalue weighted by Crippen LogP contribution is 2.19. The van der Waals surface area contributed by atoms with E-state index in [1.807, 2.05) is 18.3 Å². The molecule has 0 atom stereocenters. The van der Waals surface area contributed by atoms with Crippen LogP contribution in [0.5, 0.6) is 5.75 Å². The van der Waals surface area contributed by atoms with Crippen LogP contribution in [0.2, 0.25) is 0 Å². The molecule has 2 rings (SSSR count). The fourth-order valence-electron chi connectivity index (χ4n) is 2.08. The molecule has 2 heterocycles. The zero-order valence-electron chi connectivity index (χ0n) is 9.20. The molecule has 0 aliphatic carbocycles. The van der Waals surface area contributed by atoms with Crippen molar-refractivity contribution in [3.63, 3.8) is 0 Å². The van der Waals surface area contributed by atoms with Crippen LogP contribution in [0.3, 0.4) is 0 Å². The monoisotopic (exact) mass is 206 g/mol. The molecule has 3 nitrogen and oxygen atoms in total. The van der Waals surface area contributed by atoms with E-state index in [4.69, 9.17) is 4.74 Å². The number of piperidine rings is 1. The molecule has 0 bridgehead atoms. The topological polar surface area (TPSA) is 34.1 Å². The largest absolute Gasteiger partial charge is 0.497 e. The van der Waals surface area contributed by atoms with Gasteiger partial charge in [-0.3, -0.25) is 4.98 Å². The molecule has 1 fully saturated rings. The van der Waals surface area contributed by atoms with Crippen molar-refractivity contribution in [1.82, 2.24) is 10.3 Å². The van der Waals surface area contributed by atoms with Gasteiger partial charge >= 0.3 is 0 Å². The van der Waals surface area contributed by atoms with E-state index in [0.29, 0.717) is 0 Å². The van der Waals surface area contributed by atoms with E-state index in [2.05, 4.69) is 10.3 Å². The lowest BCUT2D eigenvalue weighted by molar-refractivity contribution is 0.368. The lowest BCUT2D eigenvalue weighted by atomic mass is 9.93. The quantitative estimate of drug-likeness (QED) is 0.816. The summed E-state index contributed by atoms with van der Waals surface area (Å²) >= 11 is 0. The molecule has 0 radical (unpaired) electrons. The third-order valence-corrected chi connectivity index (χ3v) is 2.98. The first-order valence-corrected chi connectivity index (χ1v) is 5.58. The van der Waals surface area contributed by atoms with Crippen LogP contribution in [0.4, 0.5) is 0 Å². The standard InChI is InChI=1S/C12H18N2O/c1-15-12-4-7-14-11(9-12)8-10-2-5-13-6-3-10/h4,7,9-10,13H,2-3,5-6,8H2,1H3. The van der Waals surface area contributed by atoms with Crippen LogP contribution in [0.25, 0.3) is 0 Å². The van der Waals surface area contributed by atoms with Gasteiger partial charge in [-0.05, 0) is 44.3 Å². The van der Waals surface area contributed by atoms with Crippen molar-refractivity contribution in [3.05, 3.63) is 24.0 Å². The predicted octanol–water partition coefficient (Wildman–Crippen LogP) is 1.63. The Morgan fingerprint density at radius 2 is 2.27 bits per heavy atom. The molecule has 1 aromatic rings. The summed E-state index contributed by atoms with van der Waals surface area (Å²) in [7, 11) is 1.70. The molecule has 1 aliphatic rings. The van der Waals surface area contributed by atoms with Crippen LogP contribution in [-0.2, 0) is 6.42 Å². The van der Waals surface area contributed by atoms with E-state index in [1.54, 1.807) is 7.11 Å². The van der Waals surface area contributed by atoms with E-state index >= 15 is 0 Å². The number of nitrogens with zero attached hydrogens (tertiary/aromatic N) is 1.